The van der Waals surface area contributed by atoms with E-state index in [0.29, 0.717) is 18.0 Å². The Kier molecular flexibility index (Phi) is 4.62. The monoisotopic (exact) mass is 254 g/mol. The zero-order valence-electron chi connectivity index (χ0n) is 11.6. The van der Waals surface area contributed by atoms with Crippen molar-refractivity contribution in [1.29, 1.82) is 0 Å². The van der Waals surface area contributed by atoms with Crippen LogP contribution in [0.25, 0.3) is 0 Å². The van der Waals surface area contributed by atoms with E-state index in [1.165, 1.54) is 19.3 Å². The summed E-state index contributed by atoms with van der Waals surface area (Å²) in [4.78, 5) is 11.7. The summed E-state index contributed by atoms with van der Waals surface area (Å²) in [6.45, 7) is 6.21. The van der Waals surface area contributed by atoms with Crippen molar-refractivity contribution in [2.45, 2.75) is 58.0 Å². The van der Waals surface area contributed by atoms with Crippen LogP contribution in [-0.2, 0) is 9.53 Å². The van der Waals surface area contributed by atoms with Crippen LogP contribution < -0.4 is 10.6 Å². The number of carbonyl (C=O) groups excluding carboxylic acids is 1. The first-order chi connectivity index (χ1) is 8.62. The molecule has 4 nitrogen and oxygen atoms in total. The lowest BCUT2D eigenvalue weighted by atomic mass is 9.75. The summed E-state index contributed by atoms with van der Waals surface area (Å²) in [5, 5.41) is 6.41. The number of nitrogens with one attached hydrogen (secondary N) is 2. The third-order valence-corrected chi connectivity index (χ3v) is 4.35. The van der Waals surface area contributed by atoms with Gasteiger partial charge in [-0.2, -0.15) is 0 Å². The van der Waals surface area contributed by atoms with Crippen molar-refractivity contribution in [2.75, 3.05) is 19.8 Å². The predicted octanol–water partition coefficient (Wildman–Crippen LogP) is 1.45. The van der Waals surface area contributed by atoms with Crippen molar-refractivity contribution >= 4 is 5.91 Å². The Labute approximate surface area is 110 Å². The summed E-state index contributed by atoms with van der Waals surface area (Å²) < 4.78 is 5.48. The van der Waals surface area contributed by atoms with E-state index in [1.54, 1.807) is 0 Å². The molecular formula is C14H26N2O2. The summed E-state index contributed by atoms with van der Waals surface area (Å²) >= 11 is 0. The Bertz CT molecular complexity index is 286. The SMILES string of the molecule is CC(C)NC(=O)CNC1CCCC12CCOCC2. The molecule has 2 aliphatic rings. The van der Waals surface area contributed by atoms with E-state index in [1.807, 2.05) is 13.8 Å². The van der Waals surface area contributed by atoms with Crippen molar-refractivity contribution in [3.05, 3.63) is 0 Å². The highest BCUT2D eigenvalue weighted by Crippen LogP contribution is 2.45. The molecule has 2 fully saturated rings. The molecule has 104 valence electrons. The van der Waals surface area contributed by atoms with Gasteiger partial charge in [-0.15, -0.1) is 0 Å². The fraction of sp³-hybridized carbons (Fsp3) is 0.929. The van der Waals surface area contributed by atoms with E-state index in [0.717, 1.165) is 26.1 Å². The molecule has 1 unspecified atom stereocenters. The third-order valence-electron chi connectivity index (χ3n) is 4.35. The minimum Gasteiger partial charge on any atom is -0.381 e. The van der Waals surface area contributed by atoms with Gasteiger partial charge in [0.1, 0.15) is 0 Å². The van der Waals surface area contributed by atoms with Gasteiger partial charge < -0.3 is 15.4 Å². The predicted molar refractivity (Wildman–Crippen MR) is 71.4 cm³/mol. The molecule has 0 radical (unpaired) electrons. The molecule has 0 aromatic rings. The van der Waals surface area contributed by atoms with Gasteiger partial charge in [0.05, 0.1) is 6.54 Å². The molecule has 4 heteroatoms. The molecule has 1 saturated carbocycles. The maximum Gasteiger partial charge on any atom is 0.234 e. The number of rotatable bonds is 4. The molecule has 1 saturated heterocycles. The van der Waals surface area contributed by atoms with Gasteiger partial charge >= 0.3 is 0 Å². The van der Waals surface area contributed by atoms with Gasteiger partial charge in [-0.1, -0.05) is 6.42 Å². The second-order valence-electron chi connectivity index (χ2n) is 6.02. The van der Waals surface area contributed by atoms with Crippen molar-refractivity contribution < 1.29 is 9.53 Å². The number of carbonyl (C=O) groups is 1. The average Bonchev–Trinajstić information content (AvgIpc) is 2.69. The third kappa shape index (κ3) is 3.23. The molecule has 1 aliphatic carbocycles. The van der Waals surface area contributed by atoms with Crippen LogP contribution in [0.5, 0.6) is 0 Å². The molecule has 0 aromatic heterocycles. The van der Waals surface area contributed by atoms with Gasteiger partial charge in [-0.3, -0.25) is 4.79 Å². The zero-order valence-corrected chi connectivity index (χ0v) is 11.6. The fourth-order valence-corrected chi connectivity index (χ4v) is 3.42. The summed E-state index contributed by atoms with van der Waals surface area (Å²) in [6, 6.07) is 0.722. The molecule has 2 rings (SSSR count). The maximum atomic E-state index is 11.7. The Morgan fingerprint density at radius 1 is 1.33 bits per heavy atom. The van der Waals surface area contributed by atoms with Crippen molar-refractivity contribution in [3.8, 4) is 0 Å². The molecule has 2 N–H and O–H groups in total. The zero-order chi connectivity index (χ0) is 13.0. The molecule has 1 aliphatic heterocycles. The van der Waals surface area contributed by atoms with Crippen LogP contribution in [0.15, 0.2) is 0 Å². The molecule has 0 aromatic carbocycles. The number of ether oxygens (including phenoxy) is 1. The summed E-state index contributed by atoms with van der Waals surface area (Å²) in [7, 11) is 0. The molecular weight excluding hydrogens is 228 g/mol. The normalized spacial score (nSPS) is 26.7. The lowest BCUT2D eigenvalue weighted by molar-refractivity contribution is -0.121. The molecule has 0 bridgehead atoms. The molecule has 1 heterocycles. The summed E-state index contributed by atoms with van der Waals surface area (Å²) in [5.74, 6) is 0.110. The van der Waals surface area contributed by atoms with Gasteiger partial charge in [0.25, 0.3) is 0 Å². The van der Waals surface area contributed by atoms with E-state index in [2.05, 4.69) is 10.6 Å². The first-order valence-electron chi connectivity index (χ1n) is 7.23. The van der Waals surface area contributed by atoms with Crippen molar-refractivity contribution in [2.24, 2.45) is 5.41 Å². The minimum atomic E-state index is 0.110. The van der Waals surface area contributed by atoms with E-state index < -0.39 is 0 Å². The van der Waals surface area contributed by atoms with Crippen LogP contribution in [-0.4, -0.2) is 37.7 Å². The van der Waals surface area contributed by atoms with Crippen LogP contribution in [0.2, 0.25) is 0 Å². The van der Waals surface area contributed by atoms with Crippen LogP contribution in [0.3, 0.4) is 0 Å². The topological polar surface area (TPSA) is 50.4 Å². The van der Waals surface area contributed by atoms with Gasteiger partial charge in [0, 0.05) is 25.3 Å². The largest absolute Gasteiger partial charge is 0.381 e. The smallest absolute Gasteiger partial charge is 0.234 e. The van der Waals surface area contributed by atoms with Crippen LogP contribution in [0.4, 0.5) is 0 Å². The molecule has 1 spiro atoms. The highest BCUT2D eigenvalue weighted by Gasteiger charge is 2.43. The lowest BCUT2D eigenvalue weighted by Crippen LogP contribution is -2.48. The number of hydrogen-bond acceptors (Lipinski definition) is 3. The second-order valence-corrected chi connectivity index (χ2v) is 6.02. The minimum absolute atomic E-state index is 0.110. The quantitative estimate of drug-likeness (QED) is 0.798. The number of hydrogen-bond donors (Lipinski definition) is 2. The van der Waals surface area contributed by atoms with Crippen LogP contribution in [0, 0.1) is 5.41 Å². The van der Waals surface area contributed by atoms with E-state index >= 15 is 0 Å². The summed E-state index contributed by atoms with van der Waals surface area (Å²) in [5.41, 5.74) is 0.399. The first-order valence-corrected chi connectivity index (χ1v) is 7.23. The van der Waals surface area contributed by atoms with Gasteiger partial charge in [0.15, 0.2) is 0 Å². The lowest BCUT2D eigenvalue weighted by Gasteiger charge is -2.39. The highest BCUT2D eigenvalue weighted by atomic mass is 16.5. The highest BCUT2D eigenvalue weighted by molar-refractivity contribution is 5.78. The number of amides is 1. The molecule has 1 atom stereocenters. The standard InChI is InChI=1S/C14H26N2O2/c1-11(2)16-13(17)10-15-12-4-3-5-14(12)6-8-18-9-7-14/h11-12,15H,3-10H2,1-2H3,(H,16,17). The van der Waals surface area contributed by atoms with Crippen molar-refractivity contribution in [3.63, 3.8) is 0 Å². The first kappa shape index (κ1) is 13.8. The average molecular weight is 254 g/mol. The Morgan fingerprint density at radius 2 is 2.06 bits per heavy atom. The van der Waals surface area contributed by atoms with Gasteiger partial charge in [-0.05, 0) is 44.9 Å². The van der Waals surface area contributed by atoms with Gasteiger partial charge in [-0.25, -0.2) is 0 Å². The van der Waals surface area contributed by atoms with E-state index in [9.17, 15) is 4.79 Å². The fourth-order valence-electron chi connectivity index (χ4n) is 3.42. The van der Waals surface area contributed by atoms with Crippen LogP contribution in [0.1, 0.15) is 46.0 Å². The summed E-state index contributed by atoms with van der Waals surface area (Å²) in [6.07, 6.45) is 6.07. The Morgan fingerprint density at radius 3 is 2.72 bits per heavy atom. The Balaban J connectivity index is 1.82. The van der Waals surface area contributed by atoms with Gasteiger partial charge in [0.2, 0.25) is 5.91 Å². The maximum absolute atomic E-state index is 11.7. The van der Waals surface area contributed by atoms with Crippen molar-refractivity contribution in [1.82, 2.24) is 10.6 Å². The van der Waals surface area contributed by atoms with E-state index in [-0.39, 0.29) is 11.9 Å². The van der Waals surface area contributed by atoms with E-state index in [4.69, 9.17) is 4.74 Å². The molecule has 1 amide bonds. The Hall–Kier alpha value is -0.610. The molecule has 18 heavy (non-hydrogen) atoms. The second kappa shape index (κ2) is 6.02. The van der Waals surface area contributed by atoms with Crippen LogP contribution >= 0.6 is 0 Å².